The molecule has 0 aromatic heterocycles. The molecule has 5 rings (SSSR count). The number of piperidine rings is 1. The van der Waals surface area contributed by atoms with Gasteiger partial charge in [0.2, 0.25) is 5.91 Å². The number of nitrogens with one attached hydrogen (secondary N) is 1. The topological polar surface area (TPSA) is 44.8 Å². The van der Waals surface area contributed by atoms with Gasteiger partial charge in [-0.25, -0.2) is 0 Å². The molecule has 1 saturated heterocycles. The van der Waals surface area contributed by atoms with Gasteiger partial charge >= 0.3 is 0 Å². The molecule has 3 aromatic carbocycles. The van der Waals surface area contributed by atoms with E-state index in [9.17, 15) is 4.79 Å². The van der Waals surface area contributed by atoms with E-state index >= 15 is 0 Å². The summed E-state index contributed by atoms with van der Waals surface area (Å²) in [5.41, 5.74) is 4.54. The Labute approximate surface area is 208 Å². The molecule has 0 saturated carbocycles. The Morgan fingerprint density at radius 1 is 0.857 bits per heavy atom. The van der Waals surface area contributed by atoms with Gasteiger partial charge in [0.05, 0.1) is 12.6 Å². The number of ether oxygens (including phenoxy) is 1. The van der Waals surface area contributed by atoms with Crippen molar-refractivity contribution in [2.24, 2.45) is 0 Å². The van der Waals surface area contributed by atoms with Crippen molar-refractivity contribution in [1.82, 2.24) is 9.80 Å². The Morgan fingerprint density at radius 2 is 1.57 bits per heavy atom. The number of fused-ring (bicyclic) bond motifs is 2. The highest BCUT2D eigenvalue weighted by atomic mass is 16.5. The van der Waals surface area contributed by atoms with Gasteiger partial charge in [-0.05, 0) is 55.6 Å². The number of rotatable bonds is 4. The van der Waals surface area contributed by atoms with Crippen molar-refractivity contribution in [1.29, 1.82) is 0 Å². The minimum atomic E-state index is -0.0751. The monoisotopic (exact) mass is 469 g/mol. The number of amides is 1. The number of hydrogen-bond acceptors (Lipinski definition) is 4. The first-order chi connectivity index (χ1) is 17.3. The van der Waals surface area contributed by atoms with Crippen LogP contribution in [-0.2, 0) is 24.3 Å². The number of carbonyl (C=O) groups is 1. The zero-order chi connectivity index (χ0) is 23.9. The van der Waals surface area contributed by atoms with Crippen molar-refractivity contribution < 1.29 is 9.53 Å². The number of para-hydroxylation sites is 2. The van der Waals surface area contributed by atoms with Gasteiger partial charge in [-0.15, -0.1) is 0 Å². The maximum atomic E-state index is 13.9. The van der Waals surface area contributed by atoms with Crippen LogP contribution in [0.5, 0.6) is 5.75 Å². The van der Waals surface area contributed by atoms with E-state index in [4.69, 9.17) is 4.74 Å². The molecule has 0 bridgehead atoms. The van der Waals surface area contributed by atoms with Crippen LogP contribution in [0.15, 0.2) is 78.9 Å². The summed E-state index contributed by atoms with van der Waals surface area (Å²) in [6.07, 6.45) is 4.36. The van der Waals surface area contributed by atoms with E-state index in [0.29, 0.717) is 26.2 Å². The fourth-order valence-electron chi connectivity index (χ4n) is 5.15. The quantitative estimate of drug-likeness (QED) is 0.576. The summed E-state index contributed by atoms with van der Waals surface area (Å²) in [6.45, 7) is 4.18. The number of nitrogens with zero attached hydrogens (tertiary/aromatic N) is 2. The van der Waals surface area contributed by atoms with Crippen LogP contribution >= 0.6 is 0 Å². The van der Waals surface area contributed by atoms with E-state index in [2.05, 4.69) is 69.7 Å². The van der Waals surface area contributed by atoms with Crippen molar-refractivity contribution in [3.05, 3.63) is 95.6 Å². The number of anilines is 1. The highest BCUT2D eigenvalue weighted by Crippen LogP contribution is 2.26. The maximum Gasteiger partial charge on any atom is 0.237 e. The Morgan fingerprint density at radius 3 is 2.40 bits per heavy atom. The lowest BCUT2D eigenvalue weighted by Gasteiger charge is -2.35. The summed E-state index contributed by atoms with van der Waals surface area (Å²) in [5.74, 6) is 1.06. The molecule has 1 fully saturated rings. The normalized spacial score (nSPS) is 18.9. The summed E-state index contributed by atoms with van der Waals surface area (Å²) in [7, 11) is 0. The Kier molecular flexibility index (Phi) is 7.64. The van der Waals surface area contributed by atoms with Crippen LogP contribution in [-0.4, -0.2) is 48.0 Å². The first-order valence-corrected chi connectivity index (χ1v) is 12.8. The number of hydrogen-bond donors (Lipinski definition) is 1. The van der Waals surface area contributed by atoms with Crippen LogP contribution in [0.3, 0.4) is 0 Å². The average molecular weight is 470 g/mol. The Balaban J connectivity index is 1.50. The number of carbonyl (C=O) groups excluding carboxylic acids is 1. The van der Waals surface area contributed by atoms with E-state index in [1.54, 1.807) is 0 Å². The van der Waals surface area contributed by atoms with Crippen molar-refractivity contribution in [2.75, 3.05) is 31.6 Å². The van der Waals surface area contributed by atoms with Gasteiger partial charge < -0.3 is 15.0 Å². The summed E-state index contributed by atoms with van der Waals surface area (Å²) in [6, 6.07) is 26.9. The summed E-state index contributed by atoms with van der Waals surface area (Å²) >= 11 is 0. The molecule has 2 aliphatic rings. The zero-order valence-electron chi connectivity index (χ0n) is 20.4. The molecule has 2 aliphatic heterocycles. The summed E-state index contributed by atoms with van der Waals surface area (Å²) < 4.78 is 6.43. The van der Waals surface area contributed by atoms with Crippen molar-refractivity contribution in [2.45, 2.75) is 44.8 Å². The molecule has 0 radical (unpaired) electrons. The summed E-state index contributed by atoms with van der Waals surface area (Å²) in [5, 5.41) is 3.59. The molecule has 1 N–H and O–H groups in total. The lowest BCUT2D eigenvalue weighted by molar-refractivity contribution is -0.136. The standard InChI is InChI=1S/C30H35N3O2/c34-30(22-32-17-9-2-10-18-32)33-21-26-14-5-7-15-28(26)31-20-25-13-6-8-16-29(25)35-23-27(33)19-24-11-3-1-4-12-24/h1,3-8,11-16,27,31H,2,9-10,17-23H2/t27-/m0/s1. The SMILES string of the molecule is O=C(CN1CCCCC1)N1Cc2ccccc2NCc2ccccc2OC[C@@H]1Cc1ccccc1. The fraction of sp³-hybridized carbons (Fsp3) is 0.367. The van der Waals surface area contributed by atoms with Gasteiger partial charge in [0.15, 0.2) is 0 Å². The smallest absolute Gasteiger partial charge is 0.237 e. The molecule has 2 heterocycles. The van der Waals surface area contributed by atoms with Crippen molar-refractivity contribution in [3.63, 3.8) is 0 Å². The molecule has 3 aromatic rings. The fourth-order valence-corrected chi connectivity index (χ4v) is 5.15. The van der Waals surface area contributed by atoms with Gasteiger partial charge in [-0.1, -0.05) is 73.2 Å². The molecule has 0 spiro atoms. The second kappa shape index (κ2) is 11.4. The third kappa shape index (κ3) is 6.04. The van der Waals surface area contributed by atoms with E-state index < -0.39 is 0 Å². The molecule has 5 heteroatoms. The van der Waals surface area contributed by atoms with Crippen LogP contribution in [0.4, 0.5) is 5.69 Å². The van der Waals surface area contributed by atoms with Gasteiger partial charge in [0, 0.05) is 24.3 Å². The lowest BCUT2D eigenvalue weighted by Crippen LogP contribution is -2.49. The predicted molar refractivity (Wildman–Crippen MR) is 140 cm³/mol. The third-order valence-corrected chi connectivity index (χ3v) is 7.11. The van der Waals surface area contributed by atoms with Crippen molar-refractivity contribution in [3.8, 4) is 5.75 Å². The second-order valence-electron chi connectivity index (χ2n) is 9.63. The minimum absolute atomic E-state index is 0.0751. The maximum absolute atomic E-state index is 13.9. The Bertz CT molecular complexity index is 1110. The Hall–Kier alpha value is -3.31. The van der Waals surface area contributed by atoms with Gasteiger partial charge in [-0.3, -0.25) is 9.69 Å². The van der Waals surface area contributed by atoms with Crippen LogP contribution in [0.2, 0.25) is 0 Å². The van der Waals surface area contributed by atoms with E-state index in [-0.39, 0.29) is 11.9 Å². The molecule has 1 atom stereocenters. The number of likely N-dealkylation sites (tertiary alicyclic amines) is 1. The predicted octanol–water partition coefficient (Wildman–Crippen LogP) is 5.12. The molecule has 182 valence electrons. The second-order valence-corrected chi connectivity index (χ2v) is 9.63. The van der Waals surface area contributed by atoms with Gasteiger partial charge in [-0.2, -0.15) is 0 Å². The molecule has 0 aliphatic carbocycles. The minimum Gasteiger partial charge on any atom is -0.491 e. The molecule has 1 amide bonds. The molecular weight excluding hydrogens is 434 g/mol. The van der Waals surface area contributed by atoms with Crippen LogP contribution in [0.25, 0.3) is 0 Å². The molecule has 35 heavy (non-hydrogen) atoms. The van der Waals surface area contributed by atoms with E-state index in [1.807, 2.05) is 24.3 Å². The zero-order valence-corrected chi connectivity index (χ0v) is 20.4. The van der Waals surface area contributed by atoms with Gasteiger partial charge in [0.1, 0.15) is 12.4 Å². The molecule has 0 unspecified atom stereocenters. The van der Waals surface area contributed by atoms with Crippen molar-refractivity contribution >= 4 is 11.6 Å². The van der Waals surface area contributed by atoms with E-state index in [0.717, 1.165) is 42.1 Å². The van der Waals surface area contributed by atoms with Gasteiger partial charge in [0.25, 0.3) is 0 Å². The van der Waals surface area contributed by atoms with Crippen LogP contribution in [0, 0.1) is 0 Å². The largest absolute Gasteiger partial charge is 0.491 e. The highest BCUT2D eigenvalue weighted by Gasteiger charge is 2.28. The van der Waals surface area contributed by atoms with Crippen LogP contribution < -0.4 is 10.1 Å². The first-order valence-electron chi connectivity index (χ1n) is 12.8. The summed E-state index contributed by atoms with van der Waals surface area (Å²) in [4.78, 5) is 18.3. The number of benzene rings is 3. The third-order valence-electron chi connectivity index (χ3n) is 7.11. The van der Waals surface area contributed by atoms with E-state index in [1.165, 1.54) is 24.8 Å². The highest BCUT2D eigenvalue weighted by molar-refractivity contribution is 5.79. The molecular formula is C30H35N3O2. The first kappa shape index (κ1) is 23.4. The molecule has 5 nitrogen and oxygen atoms in total. The lowest BCUT2D eigenvalue weighted by atomic mass is 10.0. The average Bonchev–Trinajstić information content (AvgIpc) is 2.93. The van der Waals surface area contributed by atoms with Crippen LogP contribution in [0.1, 0.15) is 36.0 Å².